The van der Waals surface area contributed by atoms with Gasteiger partial charge >= 0.3 is 0 Å². The molecule has 1 aliphatic heterocycles. The molecule has 1 atom stereocenters. The first-order chi connectivity index (χ1) is 22.6. The van der Waals surface area contributed by atoms with Crippen LogP contribution in [0.4, 0.5) is 0 Å². The summed E-state index contributed by atoms with van der Waals surface area (Å²) < 4.78 is 13.1. The third-order valence-corrected chi connectivity index (χ3v) is 9.33. The van der Waals surface area contributed by atoms with Gasteiger partial charge in [-0.2, -0.15) is 0 Å². The first kappa shape index (κ1) is 42.9. The second kappa shape index (κ2) is 32.4. The Bertz CT molecular complexity index is 704. The molecule has 0 amide bonds. The van der Waals surface area contributed by atoms with E-state index in [9.17, 15) is 0 Å². The Morgan fingerprint density at radius 3 is 1.33 bits per heavy atom. The van der Waals surface area contributed by atoms with E-state index in [1.54, 1.807) is 0 Å². The summed E-state index contributed by atoms with van der Waals surface area (Å²) in [6.45, 7) is 6.38. The van der Waals surface area contributed by atoms with Crippen molar-refractivity contribution in [2.24, 2.45) is 0 Å². The normalized spacial score (nSPS) is 16.9. The molecule has 1 fully saturated rings. The Balaban J connectivity index is 2.16. The molecule has 1 rings (SSSR count). The van der Waals surface area contributed by atoms with Crippen LogP contribution in [0.3, 0.4) is 0 Å². The number of hydrogen-bond donors (Lipinski definition) is 0. The smallest absolute Gasteiger partial charge is 0.168 e. The van der Waals surface area contributed by atoms with Crippen LogP contribution in [0.5, 0.6) is 0 Å². The van der Waals surface area contributed by atoms with Gasteiger partial charge in [-0.05, 0) is 97.6 Å². The lowest BCUT2D eigenvalue weighted by atomic mass is 9.98. The Labute approximate surface area is 288 Å². The zero-order valence-electron chi connectivity index (χ0n) is 31.5. The minimum absolute atomic E-state index is 0.261. The standard InChI is InChI=1S/C43H79NO2/c1-5-7-9-11-13-15-17-19-21-23-25-27-29-31-33-35-38-43(45-41-42(46-43)37-40-44(3)4)39-36-34-32-30-28-26-24-22-20-18-16-14-12-10-8-6-2/h13-16,19-22,42H,5-12,17-18,23-41H2,1-4H3/b15-13-,16-14-,21-19-,22-20-. The molecule has 0 aliphatic carbocycles. The van der Waals surface area contributed by atoms with Gasteiger partial charge in [0.15, 0.2) is 5.79 Å². The van der Waals surface area contributed by atoms with Gasteiger partial charge in [0.2, 0.25) is 0 Å². The Hall–Kier alpha value is -1.16. The summed E-state index contributed by atoms with van der Waals surface area (Å²) in [6.07, 6.45) is 53.3. The molecule has 3 heteroatoms. The molecule has 0 aromatic rings. The minimum Gasteiger partial charge on any atom is -0.347 e. The summed E-state index contributed by atoms with van der Waals surface area (Å²) >= 11 is 0. The Morgan fingerprint density at radius 1 is 0.522 bits per heavy atom. The second-order valence-corrected chi connectivity index (χ2v) is 14.2. The Morgan fingerprint density at radius 2 is 0.913 bits per heavy atom. The second-order valence-electron chi connectivity index (χ2n) is 14.2. The van der Waals surface area contributed by atoms with Crippen LogP contribution in [-0.2, 0) is 9.47 Å². The van der Waals surface area contributed by atoms with Gasteiger partial charge < -0.3 is 14.4 Å². The van der Waals surface area contributed by atoms with Crippen LogP contribution < -0.4 is 0 Å². The van der Waals surface area contributed by atoms with E-state index in [-0.39, 0.29) is 11.9 Å². The largest absolute Gasteiger partial charge is 0.347 e. The van der Waals surface area contributed by atoms with Crippen molar-refractivity contribution in [3.8, 4) is 0 Å². The minimum atomic E-state index is -0.318. The highest BCUT2D eigenvalue weighted by molar-refractivity contribution is 4.93. The van der Waals surface area contributed by atoms with Gasteiger partial charge in [-0.1, -0.05) is 140 Å². The van der Waals surface area contributed by atoms with Gasteiger partial charge in [0.05, 0.1) is 12.7 Å². The Kier molecular flexibility index (Phi) is 30.2. The highest BCUT2D eigenvalue weighted by atomic mass is 16.7. The van der Waals surface area contributed by atoms with Crippen molar-refractivity contribution >= 4 is 0 Å². The van der Waals surface area contributed by atoms with Crippen molar-refractivity contribution in [3.05, 3.63) is 48.6 Å². The lowest BCUT2D eigenvalue weighted by Crippen LogP contribution is -2.31. The molecule has 1 unspecified atom stereocenters. The highest BCUT2D eigenvalue weighted by Gasteiger charge is 2.40. The van der Waals surface area contributed by atoms with Crippen LogP contribution in [-0.4, -0.2) is 44.0 Å². The van der Waals surface area contributed by atoms with Crippen LogP contribution in [0.2, 0.25) is 0 Å². The highest BCUT2D eigenvalue weighted by Crippen LogP contribution is 2.35. The third-order valence-electron chi connectivity index (χ3n) is 9.33. The van der Waals surface area contributed by atoms with Crippen molar-refractivity contribution in [1.82, 2.24) is 4.90 Å². The molecule has 3 nitrogen and oxygen atoms in total. The molecule has 0 aromatic carbocycles. The maximum atomic E-state index is 6.67. The van der Waals surface area contributed by atoms with Gasteiger partial charge in [0.1, 0.15) is 0 Å². The average Bonchev–Trinajstić information content (AvgIpc) is 3.46. The van der Waals surface area contributed by atoms with E-state index in [4.69, 9.17) is 9.47 Å². The molecule has 0 aromatic heterocycles. The number of hydrogen-bond acceptors (Lipinski definition) is 3. The van der Waals surface area contributed by atoms with Gasteiger partial charge in [-0.25, -0.2) is 0 Å². The van der Waals surface area contributed by atoms with Gasteiger partial charge in [0, 0.05) is 19.4 Å². The summed E-state index contributed by atoms with van der Waals surface area (Å²) in [5.74, 6) is -0.318. The van der Waals surface area contributed by atoms with Crippen LogP contribution in [0, 0.1) is 0 Å². The number of allylic oxidation sites excluding steroid dienone is 8. The first-order valence-electron chi connectivity index (χ1n) is 20.2. The number of ether oxygens (including phenoxy) is 2. The van der Waals surface area contributed by atoms with E-state index in [1.807, 2.05) is 0 Å². The zero-order valence-corrected chi connectivity index (χ0v) is 31.5. The maximum Gasteiger partial charge on any atom is 0.168 e. The number of rotatable bonds is 33. The van der Waals surface area contributed by atoms with Crippen molar-refractivity contribution in [2.45, 2.75) is 199 Å². The summed E-state index contributed by atoms with van der Waals surface area (Å²) in [5.41, 5.74) is 0. The van der Waals surface area contributed by atoms with Crippen molar-refractivity contribution in [3.63, 3.8) is 0 Å². The van der Waals surface area contributed by atoms with E-state index in [0.29, 0.717) is 0 Å². The fourth-order valence-corrected chi connectivity index (χ4v) is 6.31. The summed E-state index contributed by atoms with van der Waals surface area (Å²) in [7, 11) is 4.30. The lowest BCUT2D eigenvalue weighted by Gasteiger charge is -2.29. The monoisotopic (exact) mass is 642 g/mol. The van der Waals surface area contributed by atoms with E-state index in [0.717, 1.165) is 45.3 Å². The molecular weight excluding hydrogens is 562 g/mol. The summed E-state index contributed by atoms with van der Waals surface area (Å²) in [6, 6.07) is 0. The molecule has 0 saturated carbocycles. The van der Waals surface area contributed by atoms with Crippen molar-refractivity contribution in [1.29, 1.82) is 0 Å². The van der Waals surface area contributed by atoms with Gasteiger partial charge in [0.25, 0.3) is 0 Å². The molecule has 1 saturated heterocycles. The number of nitrogens with zero attached hydrogens (tertiary/aromatic N) is 1. The predicted octanol–water partition coefficient (Wildman–Crippen LogP) is 13.5. The quantitative estimate of drug-likeness (QED) is 0.0526. The van der Waals surface area contributed by atoms with Crippen molar-refractivity contribution < 1.29 is 9.47 Å². The molecule has 268 valence electrons. The number of unbranched alkanes of at least 4 members (excludes halogenated alkanes) is 18. The van der Waals surface area contributed by atoms with Crippen molar-refractivity contribution in [2.75, 3.05) is 27.2 Å². The topological polar surface area (TPSA) is 21.7 Å². The van der Waals surface area contributed by atoms with Crippen LogP contribution in [0.25, 0.3) is 0 Å². The molecule has 1 aliphatic rings. The molecule has 1 heterocycles. The average molecular weight is 642 g/mol. The summed E-state index contributed by atoms with van der Waals surface area (Å²) in [5, 5.41) is 0. The van der Waals surface area contributed by atoms with Gasteiger partial charge in [-0.3, -0.25) is 0 Å². The fraction of sp³-hybridized carbons (Fsp3) is 0.814. The third kappa shape index (κ3) is 26.9. The summed E-state index contributed by atoms with van der Waals surface area (Å²) in [4.78, 5) is 2.26. The predicted molar refractivity (Wildman–Crippen MR) is 205 cm³/mol. The molecule has 0 radical (unpaired) electrons. The molecular formula is C43H79NO2. The van der Waals surface area contributed by atoms with Crippen LogP contribution in [0.1, 0.15) is 187 Å². The molecule has 0 bridgehead atoms. The van der Waals surface area contributed by atoms with Gasteiger partial charge in [-0.15, -0.1) is 0 Å². The van der Waals surface area contributed by atoms with E-state index in [2.05, 4.69) is 81.5 Å². The molecule has 0 N–H and O–H groups in total. The molecule has 46 heavy (non-hydrogen) atoms. The van der Waals surface area contributed by atoms with E-state index in [1.165, 1.54) is 141 Å². The van der Waals surface area contributed by atoms with Crippen LogP contribution in [0.15, 0.2) is 48.6 Å². The van der Waals surface area contributed by atoms with E-state index >= 15 is 0 Å². The maximum absolute atomic E-state index is 6.67. The van der Waals surface area contributed by atoms with Crippen LogP contribution >= 0.6 is 0 Å². The molecule has 0 spiro atoms. The van der Waals surface area contributed by atoms with E-state index < -0.39 is 0 Å². The SMILES string of the molecule is CCCCC/C=C\C/C=C\CCCCCCCCC1(CCCCCCCC/C=C\C/C=C\CCCCC)OCC(CCN(C)C)O1. The zero-order chi connectivity index (χ0) is 33.2. The first-order valence-corrected chi connectivity index (χ1v) is 20.2. The fourth-order valence-electron chi connectivity index (χ4n) is 6.31. The lowest BCUT2D eigenvalue weighted by molar-refractivity contribution is -0.180.